The molecular formula is C19H21Br2ClN4O. The smallest absolute Gasteiger partial charge is 0.259 e. The van der Waals surface area contributed by atoms with Crippen LogP contribution in [0, 0.1) is 0 Å². The van der Waals surface area contributed by atoms with Gasteiger partial charge in [-0.25, -0.2) is 5.43 Å². The van der Waals surface area contributed by atoms with Crippen LogP contribution >= 0.6 is 43.5 Å². The van der Waals surface area contributed by atoms with Gasteiger partial charge in [0.1, 0.15) is 0 Å². The molecule has 0 saturated carbocycles. The zero-order valence-electron chi connectivity index (χ0n) is 15.1. The number of hydrogen-bond donors (Lipinski definition) is 2. The molecule has 0 aromatic heterocycles. The van der Waals surface area contributed by atoms with Gasteiger partial charge in [0, 0.05) is 32.7 Å². The Morgan fingerprint density at radius 3 is 2.30 bits per heavy atom. The number of rotatable bonds is 8. The lowest BCUT2D eigenvalue weighted by molar-refractivity contribution is -0.119. The zero-order valence-corrected chi connectivity index (χ0v) is 19.0. The number of carbonyl (C=O) groups excluding carboxylic acids is 1. The standard InChI is InChI=1S/C19H21Br2ClN4O/c1-3-26(4-2)15-7-5-13(6-8-15)11-24-25-18(27)12-23-19-16(20)9-14(22)10-17(19)21/h5-11,23H,3-4,12H2,1-2H3,(H,25,27)/b24-11+. The van der Waals surface area contributed by atoms with Gasteiger partial charge in [-0.2, -0.15) is 5.10 Å². The Bertz CT molecular complexity index is 785. The van der Waals surface area contributed by atoms with Crippen LogP contribution in [0.15, 0.2) is 50.4 Å². The summed E-state index contributed by atoms with van der Waals surface area (Å²) < 4.78 is 1.54. The van der Waals surface area contributed by atoms with Gasteiger partial charge in [0.15, 0.2) is 0 Å². The summed E-state index contributed by atoms with van der Waals surface area (Å²) in [5.74, 6) is -0.250. The molecule has 144 valence electrons. The number of anilines is 2. The van der Waals surface area contributed by atoms with Crippen LogP contribution in [0.1, 0.15) is 19.4 Å². The van der Waals surface area contributed by atoms with Crippen LogP contribution in [0.3, 0.4) is 0 Å². The molecule has 0 aliphatic heterocycles. The van der Waals surface area contributed by atoms with Crippen molar-refractivity contribution in [2.24, 2.45) is 5.10 Å². The van der Waals surface area contributed by atoms with E-state index in [1.165, 1.54) is 5.69 Å². The minimum absolute atomic E-state index is 0.0804. The molecule has 2 rings (SSSR count). The van der Waals surface area contributed by atoms with E-state index in [0.29, 0.717) is 5.02 Å². The number of nitrogens with zero attached hydrogens (tertiary/aromatic N) is 2. The molecule has 2 N–H and O–H groups in total. The Morgan fingerprint density at radius 2 is 1.74 bits per heavy atom. The first-order chi connectivity index (χ1) is 12.9. The van der Waals surface area contributed by atoms with E-state index in [4.69, 9.17) is 11.6 Å². The Kier molecular flexibility index (Phi) is 8.60. The van der Waals surface area contributed by atoms with Crippen molar-refractivity contribution in [1.29, 1.82) is 0 Å². The summed E-state index contributed by atoms with van der Waals surface area (Å²) in [6, 6.07) is 11.6. The summed E-state index contributed by atoms with van der Waals surface area (Å²) in [4.78, 5) is 14.2. The Morgan fingerprint density at radius 1 is 1.15 bits per heavy atom. The van der Waals surface area contributed by atoms with Gasteiger partial charge >= 0.3 is 0 Å². The maximum absolute atomic E-state index is 12.0. The second-order valence-electron chi connectivity index (χ2n) is 5.65. The topological polar surface area (TPSA) is 56.7 Å². The van der Waals surface area contributed by atoms with Crippen molar-refractivity contribution in [3.05, 3.63) is 55.9 Å². The highest BCUT2D eigenvalue weighted by atomic mass is 79.9. The van der Waals surface area contributed by atoms with Gasteiger partial charge in [0.2, 0.25) is 0 Å². The first-order valence-corrected chi connectivity index (χ1v) is 10.5. The van der Waals surface area contributed by atoms with Crippen LogP contribution < -0.4 is 15.6 Å². The summed E-state index contributed by atoms with van der Waals surface area (Å²) in [6.07, 6.45) is 1.62. The number of nitrogens with one attached hydrogen (secondary N) is 2. The number of amides is 1. The summed E-state index contributed by atoms with van der Waals surface area (Å²) in [5, 5.41) is 7.65. The molecule has 2 aromatic rings. The molecule has 0 bridgehead atoms. The minimum Gasteiger partial charge on any atom is -0.374 e. The third-order valence-electron chi connectivity index (χ3n) is 3.86. The predicted molar refractivity (Wildman–Crippen MR) is 121 cm³/mol. The highest BCUT2D eigenvalue weighted by molar-refractivity contribution is 9.11. The molecule has 0 unspecified atom stereocenters. The van der Waals surface area contributed by atoms with E-state index in [9.17, 15) is 4.79 Å². The van der Waals surface area contributed by atoms with Gasteiger partial charge in [-0.1, -0.05) is 23.7 Å². The number of halogens is 3. The van der Waals surface area contributed by atoms with Crippen molar-refractivity contribution in [2.75, 3.05) is 29.9 Å². The van der Waals surface area contributed by atoms with Crippen molar-refractivity contribution < 1.29 is 4.79 Å². The average Bonchev–Trinajstić information content (AvgIpc) is 2.63. The van der Waals surface area contributed by atoms with E-state index < -0.39 is 0 Å². The highest BCUT2D eigenvalue weighted by Crippen LogP contribution is 2.33. The fourth-order valence-corrected chi connectivity index (χ4v) is 4.41. The molecule has 0 atom stereocenters. The quantitative estimate of drug-likeness (QED) is 0.371. The van der Waals surface area contributed by atoms with Crippen molar-refractivity contribution in [3.63, 3.8) is 0 Å². The van der Waals surface area contributed by atoms with Crippen molar-refractivity contribution in [2.45, 2.75) is 13.8 Å². The fraction of sp³-hybridized carbons (Fsp3) is 0.263. The van der Waals surface area contributed by atoms with Gasteiger partial charge < -0.3 is 10.2 Å². The first kappa shape index (κ1) is 21.7. The Hall–Kier alpha value is -1.57. The van der Waals surface area contributed by atoms with Gasteiger partial charge in [-0.15, -0.1) is 0 Å². The lowest BCUT2D eigenvalue weighted by Crippen LogP contribution is -2.26. The molecule has 0 radical (unpaired) electrons. The molecule has 0 heterocycles. The normalized spacial score (nSPS) is 10.9. The van der Waals surface area contributed by atoms with Crippen molar-refractivity contribution in [3.8, 4) is 0 Å². The third kappa shape index (κ3) is 6.52. The molecule has 8 heteroatoms. The zero-order chi connectivity index (χ0) is 19.8. The second kappa shape index (κ2) is 10.7. The molecule has 0 fully saturated rings. The van der Waals surface area contributed by atoms with Crippen molar-refractivity contribution >= 4 is 67.0 Å². The van der Waals surface area contributed by atoms with E-state index in [0.717, 1.165) is 33.3 Å². The molecular weight excluding hydrogens is 495 g/mol. The lowest BCUT2D eigenvalue weighted by Gasteiger charge is -2.20. The monoisotopic (exact) mass is 514 g/mol. The minimum atomic E-state index is -0.250. The summed E-state index contributed by atoms with van der Waals surface area (Å²) in [6.45, 7) is 6.27. The highest BCUT2D eigenvalue weighted by Gasteiger charge is 2.08. The van der Waals surface area contributed by atoms with Gasteiger partial charge in [0.05, 0.1) is 18.4 Å². The first-order valence-electron chi connectivity index (χ1n) is 8.50. The molecule has 1 amide bonds. The lowest BCUT2D eigenvalue weighted by atomic mass is 10.2. The maximum atomic E-state index is 12.0. The van der Waals surface area contributed by atoms with Crippen LogP contribution in [0.5, 0.6) is 0 Å². The van der Waals surface area contributed by atoms with Gasteiger partial charge in [0.25, 0.3) is 5.91 Å². The van der Waals surface area contributed by atoms with Gasteiger partial charge in [-0.05, 0) is 75.5 Å². The van der Waals surface area contributed by atoms with Crippen LogP contribution in [0.25, 0.3) is 0 Å². The summed E-state index contributed by atoms with van der Waals surface area (Å²) in [7, 11) is 0. The molecule has 5 nitrogen and oxygen atoms in total. The largest absolute Gasteiger partial charge is 0.374 e. The Balaban J connectivity index is 1.86. The molecule has 27 heavy (non-hydrogen) atoms. The number of hydrazone groups is 1. The Labute approximate surface area is 181 Å². The van der Waals surface area contributed by atoms with Crippen molar-refractivity contribution in [1.82, 2.24) is 5.43 Å². The molecule has 0 aliphatic rings. The van der Waals surface area contributed by atoms with Crippen LogP contribution in [0.4, 0.5) is 11.4 Å². The predicted octanol–water partition coefficient (Wildman–Crippen LogP) is 5.27. The van der Waals surface area contributed by atoms with Crippen LogP contribution in [-0.2, 0) is 4.79 Å². The summed E-state index contributed by atoms with van der Waals surface area (Å²) >= 11 is 12.8. The van der Waals surface area contributed by atoms with Gasteiger partial charge in [-0.3, -0.25) is 4.79 Å². The van der Waals surface area contributed by atoms with Crippen LogP contribution in [0.2, 0.25) is 5.02 Å². The third-order valence-corrected chi connectivity index (χ3v) is 5.33. The number of carbonyl (C=O) groups is 1. The van der Waals surface area contributed by atoms with Crippen LogP contribution in [-0.4, -0.2) is 31.8 Å². The van der Waals surface area contributed by atoms with E-state index in [1.54, 1.807) is 18.3 Å². The van der Waals surface area contributed by atoms with E-state index in [-0.39, 0.29) is 12.5 Å². The van der Waals surface area contributed by atoms with E-state index in [1.807, 2.05) is 24.3 Å². The molecule has 0 aliphatic carbocycles. The molecule has 0 saturated heterocycles. The molecule has 2 aromatic carbocycles. The number of hydrogen-bond acceptors (Lipinski definition) is 4. The maximum Gasteiger partial charge on any atom is 0.259 e. The second-order valence-corrected chi connectivity index (χ2v) is 7.80. The SMILES string of the molecule is CCN(CC)c1ccc(/C=N/NC(=O)CNc2c(Br)cc(Cl)cc2Br)cc1. The molecule has 0 spiro atoms. The number of benzene rings is 2. The average molecular weight is 517 g/mol. The van der Waals surface area contributed by atoms with E-state index in [2.05, 4.69) is 66.5 Å². The fourth-order valence-electron chi connectivity index (χ4n) is 2.46. The summed E-state index contributed by atoms with van der Waals surface area (Å²) in [5.41, 5.74) is 5.36. The van der Waals surface area contributed by atoms with E-state index >= 15 is 0 Å².